The Morgan fingerprint density at radius 1 is 1.12 bits per heavy atom. The number of rotatable bonds is 3. The Balaban J connectivity index is 1.45. The molecular weight excluding hydrogens is 316 g/mol. The van der Waals surface area contributed by atoms with E-state index in [4.69, 9.17) is 0 Å². The standard InChI is InChI=1S/C19H26N4O2/c1-14(18(24)22-10-4-5-11-22)21-12-8-15(9-13-21)23-17-7-3-2-6-16(17)20-19(23)25/h2-3,6-7,14-15H,4-5,8-13H2,1H3,(H,20,25). The second kappa shape index (κ2) is 6.67. The van der Waals surface area contributed by atoms with Crippen LogP contribution in [0.15, 0.2) is 29.1 Å². The van der Waals surface area contributed by atoms with Gasteiger partial charge in [-0.3, -0.25) is 14.3 Å². The van der Waals surface area contributed by atoms with Crippen molar-refractivity contribution in [1.29, 1.82) is 0 Å². The Morgan fingerprint density at radius 3 is 2.52 bits per heavy atom. The fraction of sp³-hybridized carbons (Fsp3) is 0.579. The third-order valence-electron chi connectivity index (χ3n) is 5.81. The number of carbonyl (C=O) groups is 1. The third-order valence-corrected chi connectivity index (χ3v) is 5.81. The van der Waals surface area contributed by atoms with Crippen molar-refractivity contribution >= 4 is 16.9 Å². The summed E-state index contributed by atoms with van der Waals surface area (Å²) >= 11 is 0. The average Bonchev–Trinajstić information content (AvgIpc) is 3.27. The molecule has 6 nitrogen and oxygen atoms in total. The van der Waals surface area contributed by atoms with E-state index in [1.165, 1.54) is 0 Å². The van der Waals surface area contributed by atoms with Gasteiger partial charge in [-0.25, -0.2) is 4.79 Å². The highest BCUT2D eigenvalue weighted by Gasteiger charge is 2.31. The van der Waals surface area contributed by atoms with E-state index in [2.05, 4.69) is 9.88 Å². The fourth-order valence-corrected chi connectivity index (χ4v) is 4.33. The van der Waals surface area contributed by atoms with E-state index < -0.39 is 0 Å². The van der Waals surface area contributed by atoms with Gasteiger partial charge in [-0.15, -0.1) is 0 Å². The Kier molecular flexibility index (Phi) is 4.37. The quantitative estimate of drug-likeness (QED) is 0.928. The largest absolute Gasteiger partial charge is 0.341 e. The number of hydrogen-bond acceptors (Lipinski definition) is 3. The lowest BCUT2D eigenvalue weighted by atomic mass is 10.0. The second-order valence-corrected chi connectivity index (χ2v) is 7.29. The van der Waals surface area contributed by atoms with Gasteiger partial charge >= 0.3 is 5.69 Å². The molecule has 2 aliphatic heterocycles. The first-order valence-electron chi connectivity index (χ1n) is 9.37. The topological polar surface area (TPSA) is 61.3 Å². The van der Waals surface area contributed by atoms with Gasteiger partial charge in [0.25, 0.3) is 0 Å². The van der Waals surface area contributed by atoms with E-state index in [-0.39, 0.29) is 23.7 Å². The number of nitrogens with one attached hydrogen (secondary N) is 1. The molecule has 134 valence electrons. The third kappa shape index (κ3) is 2.99. The van der Waals surface area contributed by atoms with E-state index in [1.807, 2.05) is 40.7 Å². The molecule has 2 fully saturated rings. The zero-order chi connectivity index (χ0) is 17.4. The molecule has 1 amide bonds. The van der Waals surface area contributed by atoms with Crippen molar-refractivity contribution < 1.29 is 4.79 Å². The van der Waals surface area contributed by atoms with Gasteiger partial charge in [0.15, 0.2) is 0 Å². The minimum absolute atomic E-state index is 0.0270. The van der Waals surface area contributed by atoms with Crippen molar-refractivity contribution in [2.45, 2.75) is 44.7 Å². The predicted molar refractivity (Wildman–Crippen MR) is 97.7 cm³/mol. The van der Waals surface area contributed by atoms with Crippen LogP contribution in [0.25, 0.3) is 11.0 Å². The summed E-state index contributed by atoms with van der Waals surface area (Å²) in [5.41, 5.74) is 1.85. The molecule has 0 bridgehead atoms. The molecule has 0 saturated carbocycles. The first kappa shape index (κ1) is 16.4. The molecule has 6 heteroatoms. The molecule has 2 aliphatic rings. The van der Waals surface area contributed by atoms with Crippen LogP contribution in [-0.2, 0) is 4.79 Å². The van der Waals surface area contributed by atoms with Crippen LogP contribution < -0.4 is 5.69 Å². The summed E-state index contributed by atoms with van der Waals surface area (Å²) in [6.07, 6.45) is 4.06. The monoisotopic (exact) mass is 342 g/mol. The Bertz CT molecular complexity index is 810. The number of benzene rings is 1. The number of hydrogen-bond donors (Lipinski definition) is 1. The molecular formula is C19H26N4O2. The van der Waals surface area contributed by atoms with E-state index >= 15 is 0 Å². The number of imidazole rings is 1. The minimum atomic E-state index is -0.0567. The smallest absolute Gasteiger partial charge is 0.326 e. The van der Waals surface area contributed by atoms with Crippen LogP contribution in [-0.4, -0.2) is 57.5 Å². The van der Waals surface area contributed by atoms with Crippen molar-refractivity contribution in [2.75, 3.05) is 26.2 Å². The second-order valence-electron chi connectivity index (χ2n) is 7.29. The number of likely N-dealkylation sites (tertiary alicyclic amines) is 2. The molecule has 1 unspecified atom stereocenters. The number of para-hydroxylation sites is 2. The predicted octanol–water partition coefficient (Wildman–Crippen LogP) is 1.98. The number of piperidine rings is 1. The SMILES string of the molecule is CC(C(=O)N1CCCC1)N1CCC(n2c(=O)[nH]c3ccccc32)CC1. The summed E-state index contributed by atoms with van der Waals surface area (Å²) < 4.78 is 1.90. The van der Waals surface area contributed by atoms with Crippen molar-refractivity contribution in [3.8, 4) is 0 Å². The van der Waals surface area contributed by atoms with Crippen molar-refractivity contribution in [2.24, 2.45) is 0 Å². The molecule has 1 atom stereocenters. The molecule has 1 aromatic carbocycles. The van der Waals surface area contributed by atoms with Gasteiger partial charge in [0.1, 0.15) is 0 Å². The number of carbonyl (C=O) groups excluding carboxylic acids is 1. The maximum absolute atomic E-state index is 12.6. The number of nitrogens with zero attached hydrogens (tertiary/aromatic N) is 3. The normalized spacial score (nSPS) is 21.1. The highest BCUT2D eigenvalue weighted by atomic mass is 16.2. The maximum Gasteiger partial charge on any atom is 0.326 e. The van der Waals surface area contributed by atoms with E-state index in [0.29, 0.717) is 0 Å². The minimum Gasteiger partial charge on any atom is -0.341 e. The van der Waals surface area contributed by atoms with Crippen LogP contribution in [0.5, 0.6) is 0 Å². The number of H-pyrrole nitrogens is 1. The lowest BCUT2D eigenvalue weighted by Gasteiger charge is -2.37. The first-order valence-corrected chi connectivity index (χ1v) is 9.37. The van der Waals surface area contributed by atoms with Gasteiger partial charge < -0.3 is 9.88 Å². The lowest BCUT2D eigenvalue weighted by Crippen LogP contribution is -2.49. The number of amides is 1. The summed E-state index contributed by atoms with van der Waals surface area (Å²) in [4.78, 5) is 32.2. The summed E-state index contributed by atoms with van der Waals surface area (Å²) in [6.45, 7) is 5.56. The van der Waals surface area contributed by atoms with E-state index in [0.717, 1.165) is 62.9 Å². The Labute approximate surface area is 147 Å². The van der Waals surface area contributed by atoms with Gasteiger partial charge in [0.05, 0.1) is 17.1 Å². The van der Waals surface area contributed by atoms with Crippen LogP contribution >= 0.6 is 0 Å². The van der Waals surface area contributed by atoms with Crippen LogP contribution in [0, 0.1) is 0 Å². The van der Waals surface area contributed by atoms with Crippen LogP contribution in [0.2, 0.25) is 0 Å². The number of aromatic amines is 1. The van der Waals surface area contributed by atoms with Crippen molar-refractivity contribution in [1.82, 2.24) is 19.4 Å². The Morgan fingerprint density at radius 2 is 1.80 bits per heavy atom. The van der Waals surface area contributed by atoms with Gasteiger partial charge in [-0.2, -0.15) is 0 Å². The molecule has 3 heterocycles. The highest BCUT2D eigenvalue weighted by molar-refractivity contribution is 5.81. The van der Waals surface area contributed by atoms with E-state index in [1.54, 1.807) is 0 Å². The highest BCUT2D eigenvalue weighted by Crippen LogP contribution is 2.26. The summed E-state index contributed by atoms with van der Waals surface area (Å²) in [6, 6.07) is 8.00. The van der Waals surface area contributed by atoms with Crippen molar-refractivity contribution in [3.63, 3.8) is 0 Å². The molecule has 25 heavy (non-hydrogen) atoms. The zero-order valence-electron chi connectivity index (χ0n) is 14.8. The summed E-state index contributed by atoms with van der Waals surface area (Å²) in [7, 11) is 0. The van der Waals surface area contributed by atoms with Crippen molar-refractivity contribution in [3.05, 3.63) is 34.7 Å². The molecule has 2 aromatic rings. The molecule has 0 spiro atoms. The molecule has 1 aromatic heterocycles. The van der Waals surface area contributed by atoms with Crippen LogP contribution in [0.3, 0.4) is 0 Å². The molecule has 4 rings (SSSR count). The molecule has 0 radical (unpaired) electrons. The summed E-state index contributed by atoms with van der Waals surface area (Å²) in [5, 5.41) is 0. The number of aromatic nitrogens is 2. The van der Waals surface area contributed by atoms with Gasteiger partial charge in [-0.05, 0) is 44.7 Å². The van der Waals surface area contributed by atoms with Gasteiger partial charge in [0, 0.05) is 32.2 Å². The van der Waals surface area contributed by atoms with Crippen LogP contribution in [0.4, 0.5) is 0 Å². The number of fused-ring (bicyclic) bond motifs is 1. The lowest BCUT2D eigenvalue weighted by molar-refractivity contribution is -0.135. The zero-order valence-corrected chi connectivity index (χ0v) is 14.8. The first-order chi connectivity index (χ1) is 12.1. The van der Waals surface area contributed by atoms with E-state index in [9.17, 15) is 9.59 Å². The summed E-state index contributed by atoms with van der Waals surface area (Å²) in [5.74, 6) is 0.264. The average molecular weight is 342 g/mol. The van der Waals surface area contributed by atoms with Crippen LogP contribution in [0.1, 0.15) is 38.6 Å². The Hall–Kier alpha value is -2.08. The van der Waals surface area contributed by atoms with Gasteiger partial charge in [0.2, 0.25) is 5.91 Å². The molecule has 2 saturated heterocycles. The fourth-order valence-electron chi connectivity index (χ4n) is 4.33. The molecule has 0 aliphatic carbocycles. The van der Waals surface area contributed by atoms with Gasteiger partial charge in [-0.1, -0.05) is 12.1 Å². The maximum atomic E-state index is 12.6. The molecule has 1 N–H and O–H groups in total.